The van der Waals surface area contributed by atoms with Gasteiger partial charge in [-0.1, -0.05) is 59.9 Å². The van der Waals surface area contributed by atoms with E-state index in [1.54, 1.807) is 48.5 Å². The molecule has 4 nitrogen and oxygen atoms in total. The first kappa shape index (κ1) is 17.9. The van der Waals surface area contributed by atoms with Crippen molar-refractivity contribution < 1.29 is 19.1 Å². The number of thiophene rings is 1. The fourth-order valence-electron chi connectivity index (χ4n) is 2.28. The van der Waals surface area contributed by atoms with Gasteiger partial charge >= 0.3 is 11.9 Å². The van der Waals surface area contributed by atoms with Crippen LogP contribution in [0, 0.1) is 0 Å². The van der Waals surface area contributed by atoms with Crippen LogP contribution in [-0.4, -0.2) is 11.9 Å². The number of thioether (sulfide) groups is 2. The highest BCUT2D eigenvalue weighted by atomic mass is 32.2. The van der Waals surface area contributed by atoms with Crippen molar-refractivity contribution >= 4 is 46.8 Å². The van der Waals surface area contributed by atoms with Crippen molar-refractivity contribution in [3.63, 3.8) is 0 Å². The minimum Gasteiger partial charge on any atom is -0.423 e. The summed E-state index contributed by atoms with van der Waals surface area (Å²) in [5, 5.41) is 1.93. The van der Waals surface area contributed by atoms with Crippen LogP contribution in [0.4, 0.5) is 0 Å². The van der Waals surface area contributed by atoms with Crippen LogP contribution < -0.4 is 9.47 Å². The second-order valence-corrected chi connectivity index (χ2v) is 8.59. The molecule has 0 atom stereocenters. The molecule has 1 aromatic heterocycles. The zero-order valence-corrected chi connectivity index (χ0v) is 16.2. The minimum absolute atomic E-state index is 0.232. The smallest absolute Gasteiger partial charge is 0.351 e. The summed E-state index contributed by atoms with van der Waals surface area (Å²) in [6.07, 6.45) is 0. The molecule has 0 fully saturated rings. The van der Waals surface area contributed by atoms with Gasteiger partial charge in [-0.15, -0.1) is 11.3 Å². The molecule has 0 amide bonds. The third-order valence-electron chi connectivity index (χ3n) is 3.49. The normalized spacial score (nSPS) is 13.0. The summed E-state index contributed by atoms with van der Waals surface area (Å²) >= 11 is 3.99. The van der Waals surface area contributed by atoms with E-state index >= 15 is 0 Å². The van der Waals surface area contributed by atoms with Gasteiger partial charge in [0, 0.05) is 4.90 Å². The standard InChI is InChI=1S/C20H12O4S3/c21-18(23-13-7-3-1-4-8-13)16-17(27-20-15(26-16)11-12-25-20)19(22)24-14-9-5-2-6-10-14/h1-12H. The Bertz CT molecular complexity index is 930. The Morgan fingerprint density at radius 1 is 0.667 bits per heavy atom. The number of para-hydroxylation sites is 2. The zero-order chi connectivity index (χ0) is 18.6. The van der Waals surface area contributed by atoms with Crippen molar-refractivity contribution in [2.24, 2.45) is 0 Å². The summed E-state index contributed by atoms with van der Waals surface area (Å²) in [4.78, 5) is 26.9. The number of carbonyl (C=O) groups is 2. The number of benzene rings is 2. The van der Waals surface area contributed by atoms with E-state index < -0.39 is 11.9 Å². The Hall–Kier alpha value is -2.48. The molecule has 2 heterocycles. The molecule has 0 radical (unpaired) electrons. The Labute approximate surface area is 168 Å². The quantitative estimate of drug-likeness (QED) is 0.424. The number of carbonyl (C=O) groups excluding carboxylic acids is 2. The molecule has 2 aromatic carbocycles. The SMILES string of the molecule is O=C(Oc1ccccc1)C1=C(C(=O)Oc2ccccc2)Sc2sccc2S1. The lowest BCUT2D eigenvalue weighted by molar-refractivity contribution is -0.132. The molecular weight excluding hydrogens is 400 g/mol. The van der Waals surface area contributed by atoms with E-state index in [1.807, 2.05) is 23.6 Å². The molecule has 0 saturated heterocycles. The van der Waals surface area contributed by atoms with Gasteiger partial charge in [0.25, 0.3) is 0 Å². The second kappa shape index (κ2) is 8.04. The molecule has 7 heteroatoms. The maximum atomic E-state index is 12.7. The third kappa shape index (κ3) is 4.10. The van der Waals surface area contributed by atoms with E-state index in [0.717, 1.165) is 9.10 Å². The molecule has 0 spiro atoms. The predicted octanol–water partition coefficient (Wildman–Crippen LogP) is 5.37. The monoisotopic (exact) mass is 412 g/mol. The molecule has 0 aliphatic carbocycles. The molecular formula is C20H12O4S3. The summed E-state index contributed by atoms with van der Waals surface area (Å²) in [5.74, 6) is -0.297. The first-order valence-corrected chi connectivity index (χ1v) is 10.4. The number of rotatable bonds is 4. The summed E-state index contributed by atoms with van der Waals surface area (Å²) in [5.41, 5.74) is 0. The lowest BCUT2D eigenvalue weighted by atomic mass is 10.3. The van der Waals surface area contributed by atoms with Crippen LogP contribution in [0.25, 0.3) is 0 Å². The van der Waals surface area contributed by atoms with Gasteiger partial charge < -0.3 is 9.47 Å². The Morgan fingerprint density at radius 3 is 1.74 bits per heavy atom. The van der Waals surface area contributed by atoms with Gasteiger partial charge in [0.1, 0.15) is 21.3 Å². The van der Waals surface area contributed by atoms with E-state index in [0.29, 0.717) is 11.5 Å². The topological polar surface area (TPSA) is 52.6 Å². The van der Waals surface area contributed by atoms with Crippen molar-refractivity contribution in [3.05, 3.63) is 81.9 Å². The van der Waals surface area contributed by atoms with Crippen molar-refractivity contribution in [3.8, 4) is 11.5 Å². The van der Waals surface area contributed by atoms with Crippen LogP contribution >= 0.6 is 34.9 Å². The first-order chi connectivity index (χ1) is 13.2. The first-order valence-electron chi connectivity index (χ1n) is 7.92. The predicted molar refractivity (Wildman–Crippen MR) is 107 cm³/mol. The second-order valence-electron chi connectivity index (χ2n) is 5.34. The molecule has 27 heavy (non-hydrogen) atoms. The number of hydrogen-bond donors (Lipinski definition) is 0. The maximum Gasteiger partial charge on any atom is 0.351 e. The largest absolute Gasteiger partial charge is 0.423 e. The molecule has 1 aliphatic rings. The van der Waals surface area contributed by atoms with Crippen LogP contribution in [0.3, 0.4) is 0 Å². The van der Waals surface area contributed by atoms with Gasteiger partial charge in [-0.05, 0) is 35.7 Å². The zero-order valence-electron chi connectivity index (χ0n) is 13.8. The molecule has 0 bridgehead atoms. The van der Waals surface area contributed by atoms with Crippen molar-refractivity contribution in [1.29, 1.82) is 0 Å². The van der Waals surface area contributed by atoms with Gasteiger partial charge in [-0.2, -0.15) is 0 Å². The highest BCUT2D eigenvalue weighted by molar-refractivity contribution is 8.11. The molecule has 134 valence electrons. The van der Waals surface area contributed by atoms with Gasteiger partial charge in [0.2, 0.25) is 0 Å². The van der Waals surface area contributed by atoms with Gasteiger partial charge in [0.15, 0.2) is 0 Å². The average molecular weight is 413 g/mol. The van der Waals surface area contributed by atoms with Gasteiger partial charge in [-0.3, -0.25) is 0 Å². The maximum absolute atomic E-state index is 12.7. The molecule has 1 aliphatic heterocycles. The fourth-order valence-corrected chi connectivity index (χ4v) is 5.65. The Morgan fingerprint density at radius 2 is 1.19 bits per heavy atom. The average Bonchev–Trinajstić information content (AvgIpc) is 3.16. The van der Waals surface area contributed by atoms with Crippen LogP contribution in [0.15, 0.2) is 91.0 Å². The summed E-state index contributed by atoms with van der Waals surface area (Å²) in [6.45, 7) is 0. The summed E-state index contributed by atoms with van der Waals surface area (Å²) < 4.78 is 11.8. The van der Waals surface area contributed by atoms with E-state index in [4.69, 9.17) is 9.47 Å². The van der Waals surface area contributed by atoms with Crippen LogP contribution in [0.1, 0.15) is 0 Å². The van der Waals surface area contributed by atoms with Gasteiger partial charge in [-0.25, -0.2) is 9.59 Å². The highest BCUT2D eigenvalue weighted by Crippen LogP contribution is 2.50. The van der Waals surface area contributed by atoms with Crippen molar-refractivity contribution in [2.75, 3.05) is 0 Å². The molecule has 3 aromatic rings. The van der Waals surface area contributed by atoms with Crippen molar-refractivity contribution in [2.45, 2.75) is 9.10 Å². The molecule has 0 saturated carbocycles. The molecule has 4 rings (SSSR count). The number of ether oxygens (including phenoxy) is 2. The Kier molecular flexibility index (Phi) is 5.33. The number of esters is 2. The Balaban J connectivity index is 1.64. The lowest BCUT2D eigenvalue weighted by Crippen LogP contribution is -2.18. The van der Waals surface area contributed by atoms with Crippen molar-refractivity contribution in [1.82, 2.24) is 0 Å². The van der Waals surface area contributed by atoms with E-state index in [2.05, 4.69) is 0 Å². The number of fused-ring (bicyclic) bond motifs is 1. The lowest BCUT2D eigenvalue weighted by Gasteiger charge is -2.17. The van der Waals surface area contributed by atoms with E-state index in [9.17, 15) is 9.59 Å². The van der Waals surface area contributed by atoms with E-state index in [-0.39, 0.29) is 9.81 Å². The molecule has 0 unspecified atom stereocenters. The highest BCUT2D eigenvalue weighted by Gasteiger charge is 2.32. The van der Waals surface area contributed by atoms with E-state index in [1.165, 1.54) is 34.9 Å². The summed E-state index contributed by atoms with van der Waals surface area (Å²) in [7, 11) is 0. The van der Waals surface area contributed by atoms with Crippen LogP contribution in [-0.2, 0) is 9.59 Å². The summed E-state index contributed by atoms with van der Waals surface area (Å²) in [6, 6.07) is 19.5. The number of hydrogen-bond acceptors (Lipinski definition) is 7. The third-order valence-corrected chi connectivity index (χ3v) is 7.23. The van der Waals surface area contributed by atoms with Crippen LogP contribution in [0.5, 0.6) is 11.5 Å². The molecule has 0 N–H and O–H groups in total. The fraction of sp³-hybridized carbons (Fsp3) is 0. The minimum atomic E-state index is -0.574. The van der Waals surface area contributed by atoms with Crippen LogP contribution in [0.2, 0.25) is 0 Å². The van der Waals surface area contributed by atoms with Gasteiger partial charge in [0.05, 0.1) is 4.21 Å².